The van der Waals surface area contributed by atoms with Gasteiger partial charge in [-0.1, -0.05) is 42.6 Å². The highest BCUT2D eigenvalue weighted by atomic mass is 79.9. The predicted molar refractivity (Wildman–Crippen MR) is 60.3 cm³/mol. The van der Waals surface area contributed by atoms with Gasteiger partial charge in [-0.3, -0.25) is 0 Å². The average molecular weight is 249 g/mol. The monoisotopic (exact) mass is 248 g/mol. The van der Waals surface area contributed by atoms with Crippen LogP contribution < -0.4 is 0 Å². The molecule has 0 saturated heterocycles. The Labute approximate surface area is 90.4 Å². The first kappa shape index (κ1) is 11.5. The summed E-state index contributed by atoms with van der Waals surface area (Å²) in [5, 5.41) is 0. The predicted octanol–water partition coefficient (Wildman–Crippen LogP) is 3.61. The molecule has 1 nitrogen and oxygen atoms in total. The highest BCUT2D eigenvalue weighted by molar-refractivity contribution is 9.09. The number of hydrogen-bond donors (Lipinski definition) is 0. The number of hydrogen-bond acceptors (Lipinski definition) is 1. The molecule has 0 aromatic heterocycles. The molecule has 13 heavy (non-hydrogen) atoms. The van der Waals surface area contributed by atoms with Crippen LogP contribution in [0.1, 0.15) is 39.5 Å². The third-order valence-corrected chi connectivity index (χ3v) is 4.29. The second-order valence-electron chi connectivity index (χ2n) is 4.26. The smallest absolute Gasteiger partial charge is 0.0602 e. The van der Waals surface area contributed by atoms with Gasteiger partial charge in [-0.15, -0.1) is 0 Å². The van der Waals surface area contributed by atoms with Crippen molar-refractivity contribution in [2.75, 3.05) is 7.11 Å². The molecule has 4 unspecified atom stereocenters. The van der Waals surface area contributed by atoms with Gasteiger partial charge in [0.25, 0.3) is 0 Å². The molecule has 0 N–H and O–H groups in total. The molecule has 2 heteroatoms. The molecule has 0 aromatic rings. The Hall–Kier alpha value is 0.440. The van der Waals surface area contributed by atoms with Crippen LogP contribution in [-0.4, -0.2) is 18.0 Å². The van der Waals surface area contributed by atoms with Crippen LogP contribution in [-0.2, 0) is 4.74 Å². The van der Waals surface area contributed by atoms with Crippen LogP contribution in [0, 0.1) is 11.8 Å². The highest BCUT2D eigenvalue weighted by Crippen LogP contribution is 2.35. The van der Waals surface area contributed by atoms with Gasteiger partial charge in [-0.25, -0.2) is 0 Å². The Morgan fingerprint density at radius 1 is 1.23 bits per heavy atom. The van der Waals surface area contributed by atoms with Crippen molar-refractivity contribution in [1.82, 2.24) is 0 Å². The number of alkyl halides is 1. The van der Waals surface area contributed by atoms with Gasteiger partial charge >= 0.3 is 0 Å². The summed E-state index contributed by atoms with van der Waals surface area (Å²) in [5.41, 5.74) is 0. The number of rotatable bonds is 3. The van der Waals surface area contributed by atoms with Crippen molar-refractivity contribution in [2.24, 2.45) is 11.8 Å². The van der Waals surface area contributed by atoms with E-state index in [-0.39, 0.29) is 0 Å². The minimum absolute atomic E-state index is 0.503. The SMILES string of the molecule is COC1CCCCC1C(C)C(C)Br. The van der Waals surface area contributed by atoms with E-state index < -0.39 is 0 Å². The van der Waals surface area contributed by atoms with Gasteiger partial charge in [0.2, 0.25) is 0 Å². The van der Waals surface area contributed by atoms with Gasteiger partial charge in [0.1, 0.15) is 0 Å². The number of methoxy groups -OCH3 is 1. The molecule has 1 saturated carbocycles. The van der Waals surface area contributed by atoms with Crippen LogP contribution in [0.4, 0.5) is 0 Å². The van der Waals surface area contributed by atoms with Crippen LogP contribution in [0.2, 0.25) is 0 Å². The van der Waals surface area contributed by atoms with Gasteiger partial charge in [-0.05, 0) is 24.7 Å². The minimum Gasteiger partial charge on any atom is -0.381 e. The summed E-state index contributed by atoms with van der Waals surface area (Å²) >= 11 is 3.68. The first-order chi connectivity index (χ1) is 6.16. The zero-order valence-electron chi connectivity index (χ0n) is 8.92. The van der Waals surface area contributed by atoms with E-state index in [1.165, 1.54) is 25.7 Å². The summed E-state index contributed by atoms with van der Waals surface area (Å²) in [6, 6.07) is 0. The Balaban J connectivity index is 2.53. The van der Waals surface area contributed by atoms with E-state index in [1.54, 1.807) is 0 Å². The second-order valence-corrected chi connectivity index (χ2v) is 5.70. The van der Waals surface area contributed by atoms with E-state index in [2.05, 4.69) is 29.8 Å². The molecular weight excluding hydrogens is 228 g/mol. The van der Waals surface area contributed by atoms with Crippen molar-refractivity contribution in [3.05, 3.63) is 0 Å². The lowest BCUT2D eigenvalue weighted by molar-refractivity contribution is 0.00264. The Kier molecular flexibility index (Phi) is 4.74. The fraction of sp³-hybridized carbons (Fsp3) is 1.00. The summed E-state index contributed by atoms with van der Waals surface area (Å²) in [6.45, 7) is 4.58. The van der Waals surface area contributed by atoms with Crippen molar-refractivity contribution < 1.29 is 4.74 Å². The third kappa shape index (κ3) is 2.95. The first-order valence-corrected chi connectivity index (χ1v) is 6.25. The van der Waals surface area contributed by atoms with Crippen molar-refractivity contribution in [1.29, 1.82) is 0 Å². The number of ether oxygens (including phenoxy) is 1. The van der Waals surface area contributed by atoms with E-state index in [0.29, 0.717) is 10.9 Å². The second kappa shape index (κ2) is 5.35. The maximum Gasteiger partial charge on any atom is 0.0602 e. The Morgan fingerprint density at radius 3 is 2.38 bits per heavy atom. The summed E-state index contributed by atoms with van der Waals surface area (Å²) in [5.74, 6) is 1.48. The fourth-order valence-electron chi connectivity index (χ4n) is 2.36. The van der Waals surface area contributed by atoms with Crippen LogP contribution >= 0.6 is 15.9 Å². The summed E-state index contributed by atoms with van der Waals surface area (Å²) in [6.07, 6.45) is 5.83. The zero-order chi connectivity index (χ0) is 9.84. The first-order valence-electron chi connectivity index (χ1n) is 5.33. The Bertz CT molecular complexity index is 145. The largest absolute Gasteiger partial charge is 0.381 e. The molecule has 1 aliphatic rings. The van der Waals surface area contributed by atoms with Crippen molar-refractivity contribution in [2.45, 2.75) is 50.5 Å². The summed E-state index contributed by atoms with van der Waals surface area (Å²) in [7, 11) is 1.86. The van der Waals surface area contributed by atoms with E-state index >= 15 is 0 Å². The minimum atomic E-state index is 0.503. The molecule has 0 spiro atoms. The van der Waals surface area contributed by atoms with Gasteiger partial charge in [0, 0.05) is 11.9 Å². The van der Waals surface area contributed by atoms with Crippen molar-refractivity contribution in [3.8, 4) is 0 Å². The van der Waals surface area contributed by atoms with E-state index in [1.807, 2.05) is 7.11 Å². The van der Waals surface area contributed by atoms with Crippen LogP contribution in [0.3, 0.4) is 0 Å². The molecule has 0 aliphatic heterocycles. The van der Waals surface area contributed by atoms with Crippen LogP contribution in [0.25, 0.3) is 0 Å². The van der Waals surface area contributed by atoms with E-state index in [0.717, 1.165) is 11.8 Å². The molecule has 1 aliphatic carbocycles. The van der Waals surface area contributed by atoms with Gasteiger partial charge in [0.05, 0.1) is 6.10 Å². The summed E-state index contributed by atoms with van der Waals surface area (Å²) < 4.78 is 5.55. The average Bonchev–Trinajstić information content (AvgIpc) is 2.16. The molecule has 4 atom stereocenters. The maximum atomic E-state index is 5.55. The lowest BCUT2D eigenvalue weighted by atomic mass is 9.77. The molecule has 1 fully saturated rings. The standard InChI is InChI=1S/C11H21BrO/c1-8(9(2)12)10-6-4-5-7-11(10)13-3/h8-11H,4-7H2,1-3H3. The molecule has 0 bridgehead atoms. The quantitative estimate of drug-likeness (QED) is 0.694. The Morgan fingerprint density at radius 2 is 1.85 bits per heavy atom. The lowest BCUT2D eigenvalue weighted by Gasteiger charge is -2.35. The normalized spacial score (nSPS) is 34.2. The number of halogens is 1. The molecule has 78 valence electrons. The topological polar surface area (TPSA) is 9.23 Å². The molecule has 0 heterocycles. The molecule has 0 radical (unpaired) electrons. The maximum absolute atomic E-state index is 5.55. The zero-order valence-corrected chi connectivity index (χ0v) is 10.5. The molecule has 0 aromatic carbocycles. The molecule has 0 amide bonds. The van der Waals surface area contributed by atoms with Crippen molar-refractivity contribution >= 4 is 15.9 Å². The summed E-state index contributed by atoms with van der Waals surface area (Å²) in [4.78, 5) is 0.605. The van der Waals surface area contributed by atoms with Gasteiger partial charge < -0.3 is 4.74 Å². The van der Waals surface area contributed by atoms with Gasteiger partial charge in [-0.2, -0.15) is 0 Å². The van der Waals surface area contributed by atoms with Crippen LogP contribution in [0.15, 0.2) is 0 Å². The van der Waals surface area contributed by atoms with Crippen LogP contribution in [0.5, 0.6) is 0 Å². The van der Waals surface area contributed by atoms with Gasteiger partial charge in [0.15, 0.2) is 0 Å². The lowest BCUT2D eigenvalue weighted by Crippen LogP contribution is -2.34. The fourth-order valence-corrected chi connectivity index (χ4v) is 2.75. The molecular formula is C11H21BrO. The highest BCUT2D eigenvalue weighted by Gasteiger charge is 2.31. The van der Waals surface area contributed by atoms with E-state index in [9.17, 15) is 0 Å². The molecule has 1 rings (SSSR count). The van der Waals surface area contributed by atoms with Crippen molar-refractivity contribution in [3.63, 3.8) is 0 Å². The van der Waals surface area contributed by atoms with E-state index in [4.69, 9.17) is 4.74 Å². The third-order valence-electron chi connectivity index (χ3n) is 3.46.